The number of hydrogen-bond acceptors (Lipinski definition) is 4. The fourth-order valence-corrected chi connectivity index (χ4v) is 1.90. The maximum absolute atomic E-state index is 11.9. The Morgan fingerprint density at radius 3 is 2.06 bits per heavy atom. The molecule has 0 fully saturated rings. The van der Waals surface area contributed by atoms with Gasteiger partial charge in [0.25, 0.3) is 18.0 Å². The Hall–Kier alpha value is -2.24. The number of nitro groups is 1. The molecule has 2 rings (SSSR count). The van der Waals surface area contributed by atoms with Gasteiger partial charge in [0.2, 0.25) is 0 Å². The highest BCUT2D eigenvalue weighted by molar-refractivity contribution is 6.21. The van der Waals surface area contributed by atoms with E-state index in [9.17, 15) is 19.7 Å². The summed E-state index contributed by atoms with van der Waals surface area (Å²) in [5.41, 5.74) is 0.468. The molecule has 6 nitrogen and oxygen atoms in total. The number of nitrogens with zero attached hydrogens (tertiary/aromatic N) is 2. The molecule has 1 aliphatic rings. The predicted molar refractivity (Wildman–Crippen MR) is 58.0 cm³/mol. The number of benzene rings is 1. The van der Waals surface area contributed by atoms with Gasteiger partial charge in [-0.3, -0.25) is 19.7 Å². The third-order valence-electron chi connectivity index (χ3n) is 2.73. The van der Waals surface area contributed by atoms with Crippen LogP contribution in [0.15, 0.2) is 24.3 Å². The molecule has 1 aromatic carbocycles. The molecule has 0 radical (unpaired) electrons. The third kappa shape index (κ3) is 1.57. The summed E-state index contributed by atoms with van der Waals surface area (Å²) in [6.07, 6.45) is -1.19. The topological polar surface area (TPSA) is 80.5 Å². The highest BCUT2D eigenvalue weighted by atomic mass is 16.6. The minimum atomic E-state index is -1.29. The number of amides is 2. The largest absolute Gasteiger partial charge is 0.295 e. The molecule has 6 heteroatoms. The maximum Gasteiger partial charge on any atom is 0.295 e. The zero-order valence-electron chi connectivity index (χ0n) is 9.12. The second-order valence-electron chi connectivity index (χ2n) is 3.70. The number of rotatable bonds is 3. The molecule has 1 unspecified atom stereocenters. The van der Waals surface area contributed by atoms with E-state index in [2.05, 4.69) is 0 Å². The van der Waals surface area contributed by atoms with E-state index in [0.717, 1.165) is 4.90 Å². The summed E-state index contributed by atoms with van der Waals surface area (Å²) >= 11 is 0. The van der Waals surface area contributed by atoms with Crippen LogP contribution < -0.4 is 0 Å². The van der Waals surface area contributed by atoms with Gasteiger partial charge in [-0.2, -0.15) is 0 Å². The maximum atomic E-state index is 11.9. The lowest BCUT2D eigenvalue weighted by Crippen LogP contribution is -2.44. The number of carbonyl (C=O) groups excluding carboxylic acids is 2. The van der Waals surface area contributed by atoms with Crippen LogP contribution in [0, 0.1) is 10.1 Å². The Kier molecular flexibility index (Phi) is 2.63. The highest BCUT2D eigenvalue weighted by Gasteiger charge is 2.44. The summed E-state index contributed by atoms with van der Waals surface area (Å²) in [7, 11) is 0. The fourth-order valence-electron chi connectivity index (χ4n) is 1.90. The molecule has 0 aromatic heterocycles. The van der Waals surface area contributed by atoms with Crippen molar-refractivity contribution in [3.63, 3.8) is 0 Å². The van der Waals surface area contributed by atoms with E-state index >= 15 is 0 Å². The van der Waals surface area contributed by atoms with Gasteiger partial charge in [-0.15, -0.1) is 0 Å². The zero-order valence-corrected chi connectivity index (χ0v) is 9.12. The van der Waals surface area contributed by atoms with Gasteiger partial charge in [0, 0.05) is 11.3 Å². The van der Waals surface area contributed by atoms with Crippen LogP contribution >= 0.6 is 0 Å². The molecule has 0 spiro atoms. The van der Waals surface area contributed by atoms with Crippen molar-refractivity contribution in [3.8, 4) is 0 Å². The van der Waals surface area contributed by atoms with Crippen LogP contribution in [0.25, 0.3) is 0 Å². The van der Waals surface area contributed by atoms with Gasteiger partial charge in [-0.05, 0) is 12.1 Å². The van der Waals surface area contributed by atoms with Crippen molar-refractivity contribution in [3.05, 3.63) is 45.5 Å². The van der Waals surface area contributed by atoms with Crippen LogP contribution in [0.2, 0.25) is 0 Å². The first-order valence-corrected chi connectivity index (χ1v) is 5.18. The summed E-state index contributed by atoms with van der Waals surface area (Å²) in [5, 5.41) is 10.8. The molecular formula is C11H10N2O4. The van der Waals surface area contributed by atoms with Crippen LogP contribution in [0.4, 0.5) is 0 Å². The second kappa shape index (κ2) is 3.97. The van der Waals surface area contributed by atoms with E-state index in [1.54, 1.807) is 19.1 Å². The van der Waals surface area contributed by atoms with Crippen molar-refractivity contribution in [1.29, 1.82) is 0 Å². The van der Waals surface area contributed by atoms with E-state index in [1.807, 2.05) is 0 Å². The molecule has 88 valence electrons. The molecular weight excluding hydrogens is 224 g/mol. The smallest absolute Gasteiger partial charge is 0.268 e. The van der Waals surface area contributed by atoms with Crippen molar-refractivity contribution in [2.24, 2.45) is 0 Å². The van der Waals surface area contributed by atoms with E-state index in [0.29, 0.717) is 0 Å². The average molecular weight is 234 g/mol. The molecule has 17 heavy (non-hydrogen) atoms. The molecule has 1 heterocycles. The lowest BCUT2D eigenvalue weighted by atomic mass is 10.1. The molecule has 0 saturated heterocycles. The molecule has 0 bridgehead atoms. The number of imide groups is 1. The van der Waals surface area contributed by atoms with Crippen molar-refractivity contribution < 1.29 is 14.5 Å². The van der Waals surface area contributed by atoms with E-state index in [4.69, 9.17) is 0 Å². The summed E-state index contributed by atoms with van der Waals surface area (Å²) in [4.78, 5) is 34.8. The lowest BCUT2D eigenvalue weighted by Gasteiger charge is -2.17. The van der Waals surface area contributed by atoms with Gasteiger partial charge in [0.05, 0.1) is 11.1 Å². The Morgan fingerprint density at radius 1 is 1.24 bits per heavy atom. The Labute approximate surface area is 97.0 Å². The van der Waals surface area contributed by atoms with Crippen LogP contribution in [-0.2, 0) is 0 Å². The Morgan fingerprint density at radius 2 is 1.71 bits per heavy atom. The first-order valence-electron chi connectivity index (χ1n) is 5.18. The van der Waals surface area contributed by atoms with Gasteiger partial charge in [-0.1, -0.05) is 19.1 Å². The lowest BCUT2D eigenvalue weighted by molar-refractivity contribution is -0.541. The Balaban J connectivity index is 2.46. The summed E-state index contributed by atoms with van der Waals surface area (Å²) in [6.45, 7) is 1.57. The standard InChI is InChI=1S/C11H10N2O4/c1-2-9(13(16)17)12-10(14)7-5-3-4-6-8(7)11(12)15/h3-6,9H,2H2,1H3. The van der Waals surface area contributed by atoms with Crippen molar-refractivity contribution >= 4 is 11.8 Å². The van der Waals surface area contributed by atoms with Gasteiger partial charge in [-0.25, -0.2) is 4.90 Å². The normalized spacial score (nSPS) is 15.9. The molecule has 0 aliphatic carbocycles. The van der Waals surface area contributed by atoms with Gasteiger partial charge < -0.3 is 0 Å². The van der Waals surface area contributed by atoms with Crippen molar-refractivity contribution in [2.75, 3.05) is 0 Å². The molecule has 2 amide bonds. The van der Waals surface area contributed by atoms with Gasteiger partial charge in [0.15, 0.2) is 0 Å². The summed E-state index contributed by atoms with van der Waals surface area (Å²) in [6, 6.07) is 6.26. The SMILES string of the molecule is CCC(N1C(=O)c2ccccc2C1=O)[N+](=O)[O-]. The quantitative estimate of drug-likeness (QED) is 0.448. The van der Waals surface area contributed by atoms with Crippen molar-refractivity contribution in [2.45, 2.75) is 19.5 Å². The molecule has 1 aromatic rings. The number of hydrogen-bond donors (Lipinski definition) is 0. The van der Waals surface area contributed by atoms with Crippen molar-refractivity contribution in [1.82, 2.24) is 4.90 Å². The van der Waals surface area contributed by atoms with Crippen LogP contribution in [0.3, 0.4) is 0 Å². The second-order valence-corrected chi connectivity index (χ2v) is 3.70. The minimum Gasteiger partial charge on any atom is -0.268 e. The summed E-state index contributed by atoms with van der Waals surface area (Å²) < 4.78 is 0. The Bertz CT molecular complexity index is 477. The molecule has 0 saturated carbocycles. The predicted octanol–water partition coefficient (Wildman–Crippen LogP) is 1.30. The summed E-state index contributed by atoms with van der Waals surface area (Å²) in [5.74, 6) is -1.18. The zero-order chi connectivity index (χ0) is 12.6. The van der Waals surface area contributed by atoms with Gasteiger partial charge in [0.1, 0.15) is 0 Å². The van der Waals surface area contributed by atoms with Gasteiger partial charge >= 0.3 is 0 Å². The van der Waals surface area contributed by atoms with Crippen LogP contribution in [0.5, 0.6) is 0 Å². The fraction of sp³-hybridized carbons (Fsp3) is 0.273. The molecule has 1 aliphatic heterocycles. The van der Waals surface area contributed by atoms with Crippen LogP contribution in [0.1, 0.15) is 34.1 Å². The molecule has 1 atom stereocenters. The third-order valence-corrected chi connectivity index (χ3v) is 2.73. The van der Waals surface area contributed by atoms with E-state index in [-0.39, 0.29) is 17.5 Å². The first kappa shape index (κ1) is 11.3. The first-order chi connectivity index (χ1) is 8.07. The number of carbonyl (C=O) groups is 2. The highest BCUT2D eigenvalue weighted by Crippen LogP contribution is 2.25. The average Bonchev–Trinajstić information content (AvgIpc) is 2.56. The van der Waals surface area contributed by atoms with Crippen LogP contribution in [-0.4, -0.2) is 27.8 Å². The molecule has 0 N–H and O–H groups in total. The minimum absolute atomic E-state index is 0.0957. The number of fused-ring (bicyclic) bond motifs is 1. The van der Waals surface area contributed by atoms with E-state index in [1.165, 1.54) is 12.1 Å². The van der Waals surface area contributed by atoms with E-state index < -0.39 is 22.9 Å². The monoisotopic (exact) mass is 234 g/mol.